The van der Waals surface area contributed by atoms with Gasteiger partial charge in [-0.15, -0.1) is 5.10 Å². The average molecular weight is 366 g/mol. The van der Waals surface area contributed by atoms with Crippen LogP contribution in [0.25, 0.3) is 0 Å². The predicted molar refractivity (Wildman–Crippen MR) is 95.5 cm³/mol. The van der Waals surface area contributed by atoms with Gasteiger partial charge in [0.2, 0.25) is 0 Å². The molecule has 2 aromatic rings. The van der Waals surface area contributed by atoms with E-state index in [-0.39, 0.29) is 16.9 Å². The lowest BCUT2D eigenvalue weighted by Gasteiger charge is -2.17. The van der Waals surface area contributed by atoms with Gasteiger partial charge in [-0.2, -0.15) is 8.42 Å². The van der Waals surface area contributed by atoms with Crippen LogP contribution >= 0.6 is 0 Å². The van der Waals surface area contributed by atoms with E-state index < -0.39 is 10.1 Å². The first-order valence-electron chi connectivity index (χ1n) is 8.22. The molecule has 7 nitrogen and oxygen atoms in total. The Morgan fingerprint density at radius 2 is 1.88 bits per heavy atom. The van der Waals surface area contributed by atoms with Gasteiger partial charge in [0.15, 0.2) is 0 Å². The molecule has 0 aliphatic carbocycles. The lowest BCUT2D eigenvalue weighted by atomic mass is 9.97. The first kappa shape index (κ1) is 19.6. The van der Waals surface area contributed by atoms with E-state index in [1.165, 1.54) is 0 Å². The van der Waals surface area contributed by atoms with Crippen LogP contribution < -0.4 is 5.32 Å². The maximum absolute atomic E-state index is 12.1. The highest BCUT2D eigenvalue weighted by molar-refractivity contribution is 7.86. The molecule has 1 heterocycles. The minimum atomic E-state index is -3.74. The van der Waals surface area contributed by atoms with Gasteiger partial charge in [-0.1, -0.05) is 43.7 Å². The quantitative estimate of drug-likeness (QED) is 0.720. The Kier molecular flexibility index (Phi) is 6.31. The maximum Gasteiger partial charge on any atom is 0.297 e. The number of aromatic nitrogens is 3. The van der Waals surface area contributed by atoms with Crippen LogP contribution in [-0.2, 0) is 27.4 Å². The second-order valence-corrected chi connectivity index (χ2v) is 8.84. The van der Waals surface area contributed by atoms with Crippen molar-refractivity contribution in [1.82, 2.24) is 20.3 Å². The van der Waals surface area contributed by atoms with Gasteiger partial charge in [-0.05, 0) is 24.5 Å². The smallest absolute Gasteiger partial charge is 0.297 e. The zero-order valence-electron chi connectivity index (χ0n) is 15.2. The van der Waals surface area contributed by atoms with Crippen LogP contribution in [0.3, 0.4) is 0 Å². The number of nitrogens with zero attached hydrogens (tertiary/aromatic N) is 3. The molecule has 1 N–H and O–H groups in total. The molecule has 25 heavy (non-hydrogen) atoms. The van der Waals surface area contributed by atoms with E-state index in [4.69, 9.17) is 4.18 Å². The Balaban J connectivity index is 1.81. The maximum atomic E-state index is 12.1. The molecule has 0 fully saturated rings. The zero-order valence-corrected chi connectivity index (χ0v) is 16.0. The normalized spacial score (nSPS) is 12.5. The SMILES string of the molecule is Cc1ccc(S(=O)(=O)OCCn2cc(CNCC(C)(C)C)nn2)cc1. The van der Waals surface area contributed by atoms with Crippen LogP contribution in [0.4, 0.5) is 0 Å². The Bertz CT molecular complexity index is 777. The molecule has 138 valence electrons. The summed E-state index contributed by atoms with van der Waals surface area (Å²) in [6.45, 7) is 10.2. The number of hydrogen-bond donors (Lipinski definition) is 1. The van der Waals surface area contributed by atoms with Gasteiger partial charge in [0.1, 0.15) is 0 Å². The third-order valence-corrected chi connectivity index (χ3v) is 4.74. The van der Waals surface area contributed by atoms with Gasteiger partial charge in [0.05, 0.1) is 23.7 Å². The van der Waals surface area contributed by atoms with Crippen LogP contribution in [0.2, 0.25) is 0 Å². The summed E-state index contributed by atoms with van der Waals surface area (Å²) in [6, 6.07) is 6.56. The van der Waals surface area contributed by atoms with Crippen molar-refractivity contribution < 1.29 is 12.6 Å². The third kappa shape index (κ3) is 6.56. The number of nitrogens with one attached hydrogen (secondary N) is 1. The van der Waals surface area contributed by atoms with Crippen molar-refractivity contribution in [2.45, 2.75) is 45.7 Å². The van der Waals surface area contributed by atoms with E-state index >= 15 is 0 Å². The zero-order chi connectivity index (χ0) is 18.5. The van der Waals surface area contributed by atoms with Gasteiger partial charge in [0, 0.05) is 19.3 Å². The second-order valence-electron chi connectivity index (χ2n) is 7.23. The molecule has 0 saturated heterocycles. The van der Waals surface area contributed by atoms with Gasteiger partial charge in [-0.3, -0.25) is 4.18 Å². The molecule has 0 bridgehead atoms. The average Bonchev–Trinajstić information content (AvgIpc) is 2.94. The lowest BCUT2D eigenvalue weighted by molar-refractivity contribution is 0.292. The summed E-state index contributed by atoms with van der Waals surface area (Å²) in [6.07, 6.45) is 1.79. The van der Waals surface area contributed by atoms with Crippen LogP contribution in [0.15, 0.2) is 35.4 Å². The molecule has 0 aliphatic heterocycles. The first-order valence-corrected chi connectivity index (χ1v) is 9.62. The van der Waals surface area contributed by atoms with Crippen molar-refractivity contribution in [3.63, 3.8) is 0 Å². The summed E-state index contributed by atoms with van der Waals surface area (Å²) in [5.74, 6) is 0. The van der Waals surface area contributed by atoms with E-state index in [1.807, 2.05) is 6.92 Å². The van der Waals surface area contributed by atoms with E-state index in [9.17, 15) is 8.42 Å². The van der Waals surface area contributed by atoms with Gasteiger partial charge < -0.3 is 5.32 Å². The van der Waals surface area contributed by atoms with Crippen molar-refractivity contribution in [2.75, 3.05) is 13.2 Å². The van der Waals surface area contributed by atoms with Crippen LogP contribution in [0, 0.1) is 12.3 Å². The van der Waals surface area contributed by atoms with Crippen LogP contribution in [0.1, 0.15) is 32.0 Å². The van der Waals surface area contributed by atoms with Gasteiger partial charge in [-0.25, -0.2) is 4.68 Å². The number of rotatable bonds is 8. The molecule has 0 aliphatic rings. The summed E-state index contributed by atoms with van der Waals surface area (Å²) in [5, 5.41) is 11.4. The predicted octanol–water partition coefficient (Wildman–Crippen LogP) is 2.13. The van der Waals surface area contributed by atoms with Crippen molar-refractivity contribution in [3.05, 3.63) is 41.7 Å². The van der Waals surface area contributed by atoms with Crippen molar-refractivity contribution in [2.24, 2.45) is 5.41 Å². The van der Waals surface area contributed by atoms with Crippen molar-refractivity contribution in [3.8, 4) is 0 Å². The topological polar surface area (TPSA) is 86.1 Å². The van der Waals surface area contributed by atoms with E-state index in [2.05, 4.69) is 36.4 Å². The van der Waals surface area contributed by atoms with Crippen molar-refractivity contribution >= 4 is 10.1 Å². The monoisotopic (exact) mass is 366 g/mol. The molecule has 0 spiro atoms. The summed E-state index contributed by atoms with van der Waals surface area (Å²) in [7, 11) is -3.74. The summed E-state index contributed by atoms with van der Waals surface area (Å²) >= 11 is 0. The second kappa shape index (κ2) is 8.07. The van der Waals surface area contributed by atoms with E-state index in [1.54, 1.807) is 35.1 Å². The fraction of sp³-hybridized carbons (Fsp3) is 0.529. The van der Waals surface area contributed by atoms with Gasteiger partial charge >= 0.3 is 0 Å². The highest BCUT2D eigenvalue weighted by Crippen LogP contribution is 2.13. The Labute approximate surface area is 149 Å². The molecule has 8 heteroatoms. The highest BCUT2D eigenvalue weighted by Gasteiger charge is 2.15. The van der Waals surface area contributed by atoms with E-state index in [0.717, 1.165) is 17.8 Å². The molecule has 0 atom stereocenters. The highest BCUT2D eigenvalue weighted by atomic mass is 32.2. The first-order chi connectivity index (χ1) is 11.7. The molecule has 0 amide bonds. The fourth-order valence-corrected chi connectivity index (χ4v) is 3.01. The fourth-order valence-electron chi connectivity index (χ4n) is 2.11. The molecule has 0 unspecified atom stereocenters. The Morgan fingerprint density at radius 3 is 2.52 bits per heavy atom. The Hall–Kier alpha value is -1.77. The molecule has 2 rings (SSSR count). The molecular weight excluding hydrogens is 340 g/mol. The Morgan fingerprint density at radius 1 is 1.20 bits per heavy atom. The van der Waals surface area contributed by atoms with Crippen LogP contribution in [-0.4, -0.2) is 36.6 Å². The molecular formula is C17H26N4O3S. The van der Waals surface area contributed by atoms with E-state index in [0.29, 0.717) is 13.1 Å². The standard InChI is InChI=1S/C17H26N4O3S/c1-14-5-7-16(8-6-14)25(22,23)24-10-9-21-12-15(19-20-21)11-18-13-17(2,3)4/h5-8,12,18H,9-11,13H2,1-4H3. The summed E-state index contributed by atoms with van der Waals surface area (Å²) in [5.41, 5.74) is 2.01. The third-order valence-electron chi connectivity index (χ3n) is 3.42. The molecule has 1 aromatic carbocycles. The minimum Gasteiger partial charge on any atom is -0.311 e. The number of benzene rings is 1. The summed E-state index contributed by atoms with van der Waals surface area (Å²) < 4.78 is 30.8. The largest absolute Gasteiger partial charge is 0.311 e. The molecule has 0 saturated carbocycles. The molecule has 1 aromatic heterocycles. The lowest BCUT2D eigenvalue weighted by Crippen LogP contribution is -2.26. The van der Waals surface area contributed by atoms with Crippen molar-refractivity contribution in [1.29, 1.82) is 0 Å². The van der Waals surface area contributed by atoms with Crippen LogP contribution in [0.5, 0.6) is 0 Å². The number of aryl methyl sites for hydroxylation is 1. The summed E-state index contributed by atoms with van der Waals surface area (Å²) in [4.78, 5) is 0.156. The molecule has 0 radical (unpaired) electrons. The number of hydrogen-bond acceptors (Lipinski definition) is 6. The van der Waals surface area contributed by atoms with Gasteiger partial charge in [0.25, 0.3) is 10.1 Å². The minimum absolute atomic E-state index is 0.00836.